The van der Waals surface area contributed by atoms with Crippen LogP contribution in [-0.2, 0) is 4.74 Å². The zero-order valence-electron chi connectivity index (χ0n) is 12.2. The number of aliphatic hydroxyl groups excluding tert-OH is 1. The minimum Gasteiger partial charge on any atom is -0.389 e. The Hall–Kier alpha value is -0.120. The zero-order chi connectivity index (χ0) is 13.2. The van der Waals surface area contributed by atoms with Gasteiger partial charge in [0.15, 0.2) is 0 Å². The van der Waals surface area contributed by atoms with E-state index in [1.165, 1.54) is 25.7 Å². The largest absolute Gasteiger partial charge is 0.389 e. The molecule has 1 aliphatic carbocycles. The quantitative estimate of drug-likeness (QED) is 0.624. The molecule has 0 spiro atoms. The van der Waals surface area contributed by atoms with E-state index in [4.69, 9.17) is 4.74 Å². The molecule has 0 bridgehead atoms. The maximum Gasteiger partial charge on any atom is 0.0897 e. The van der Waals surface area contributed by atoms with Crippen LogP contribution in [0.2, 0.25) is 0 Å². The van der Waals surface area contributed by atoms with Crippen LogP contribution in [0.25, 0.3) is 0 Å². The molecule has 1 saturated carbocycles. The molecule has 0 aromatic heterocycles. The van der Waals surface area contributed by atoms with Gasteiger partial charge in [-0.1, -0.05) is 33.1 Å². The minimum absolute atomic E-state index is 0.358. The summed E-state index contributed by atoms with van der Waals surface area (Å²) in [7, 11) is 0. The van der Waals surface area contributed by atoms with Crippen molar-refractivity contribution in [1.29, 1.82) is 0 Å². The molecule has 0 amide bonds. The standard InChI is InChI=1S/C15H31NO2/c1-3-4-8-18-12-15(17)11-16-10-14-7-5-6-13(2)9-14/h13-17H,3-12H2,1-2H3. The Balaban J connectivity index is 1.95. The molecule has 0 aliphatic heterocycles. The van der Waals surface area contributed by atoms with Crippen LogP contribution in [0.15, 0.2) is 0 Å². The van der Waals surface area contributed by atoms with Crippen LogP contribution in [0, 0.1) is 11.8 Å². The lowest BCUT2D eigenvalue weighted by molar-refractivity contribution is 0.0352. The lowest BCUT2D eigenvalue weighted by Crippen LogP contribution is -2.34. The Morgan fingerprint density at radius 1 is 1.39 bits per heavy atom. The first-order valence-electron chi connectivity index (χ1n) is 7.68. The number of hydrogen-bond donors (Lipinski definition) is 2. The summed E-state index contributed by atoms with van der Waals surface area (Å²) in [5.41, 5.74) is 0. The molecule has 0 saturated heterocycles. The number of hydrogen-bond acceptors (Lipinski definition) is 3. The van der Waals surface area contributed by atoms with E-state index in [-0.39, 0.29) is 6.10 Å². The summed E-state index contributed by atoms with van der Waals surface area (Å²) >= 11 is 0. The topological polar surface area (TPSA) is 41.5 Å². The van der Waals surface area contributed by atoms with Crippen LogP contribution >= 0.6 is 0 Å². The smallest absolute Gasteiger partial charge is 0.0897 e. The highest BCUT2D eigenvalue weighted by Gasteiger charge is 2.18. The van der Waals surface area contributed by atoms with Crippen LogP contribution in [0.1, 0.15) is 52.4 Å². The summed E-state index contributed by atoms with van der Waals surface area (Å²) in [5.74, 6) is 1.69. The van der Waals surface area contributed by atoms with Gasteiger partial charge in [-0.25, -0.2) is 0 Å². The summed E-state index contributed by atoms with van der Waals surface area (Å²) in [5, 5.41) is 13.1. The van der Waals surface area contributed by atoms with Crippen molar-refractivity contribution in [3.8, 4) is 0 Å². The van der Waals surface area contributed by atoms with Crippen molar-refractivity contribution >= 4 is 0 Å². The second-order valence-corrected chi connectivity index (χ2v) is 5.88. The number of aliphatic hydroxyl groups is 1. The third kappa shape index (κ3) is 7.34. The zero-order valence-corrected chi connectivity index (χ0v) is 12.2. The predicted octanol–water partition coefficient (Wildman–Crippen LogP) is 2.58. The molecular formula is C15H31NO2. The number of unbranched alkanes of at least 4 members (excludes halogenated alkanes) is 1. The van der Waals surface area contributed by atoms with Gasteiger partial charge in [-0.2, -0.15) is 0 Å². The summed E-state index contributed by atoms with van der Waals surface area (Å²) in [6, 6.07) is 0. The second-order valence-electron chi connectivity index (χ2n) is 5.88. The highest BCUT2D eigenvalue weighted by Crippen LogP contribution is 2.27. The summed E-state index contributed by atoms with van der Waals surface area (Å²) < 4.78 is 5.41. The van der Waals surface area contributed by atoms with E-state index in [1.807, 2.05) is 0 Å². The van der Waals surface area contributed by atoms with E-state index >= 15 is 0 Å². The fraction of sp³-hybridized carbons (Fsp3) is 1.00. The summed E-state index contributed by atoms with van der Waals surface area (Å²) in [6.07, 6.45) is 7.33. The van der Waals surface area contributed by atoms with Crippen molar-refractivity contribution in [1.82, 2.24) is 5.32 Å². The summed E-state index contributed by atoms with van der Waals surface area (Å²) in [4.78, 5) is 0. The van der Waals surface area contributed by atoms with Crippen molar-refractivity contribution in [2.45, 2.75) is 58.5 Å². The Morgan fingerprint density at radius 3 is 2.94 bits per heavy atom. The van der Waals surface area contributed by atoms with Crippen LogP contribution < -0.4 is 5.32 Å². The molecule has 1 aliphatic rings. The molecule has 108 valence electrons. The highest BCUT2D eigenvalue weighted by molar-refractivity contribution is 4.73. The van der Waals surface area contributed by atoms with Gasteiger partial charge in [0.1, 0.15) is 0 Å². The van der Waals surface area contributed by atoms with Gasteiger partial charge in [0.25, 0.3) is 0 Å². The SMILES string of the molecule is CCCCOCC(O)CNCC1CCCC(C)C1. The number of ether oxygens (including phenoxy) is 1. The van der Waals surface area contributed by atoms with E-state index in [1.54, 1.807) is 0 Å². The van der Waals surface area contributed by atoms with Gasteiger partial charge < -0.3 is 15.2 Å². The second kappa shape index (κ2) is 9.76. The fourth-order valence-corrected chi connectivity index (χ4v) is 2.72. The molecule has 0 aromatic rings. The van der Waals surface area contributed by atoms with Crippen LogP contribution in [0.3, 0.4) is 0 Å². The lowest BCUT2D eigenvalue weighted by Gasteiger charge is -2.27. The molecule has 0 heterocycles. The molecule has 1 rings (SSSR count). The first-order valence-corrected chi connectivity index (χ1v) is 7.68. The number of nitrogens with one attached hydrogen (secondary N) is 1. The fourth-order valence-electron chi connectivity index (χ4n) is 2.72. The van der Waals surface area contributed by atoms with E-state index in [9.17, 15) is 5.11 Å². The molecule has 18 heavy (non-hydrogen) atoms. The molecule has 0 radical (unpaired) electrons. The van der Waals surface area contributed by atoms with Crippen LogP contribution in [-0.4, -0.2) is 37.5 Å². The van der Waals surface area contributed by atoms with Gasteiger partial charge in [0.05, 0.1) is 12.7 Å². The molecule has 3 nitrogen and oxygen atoms in total. The average molecular weight is 257 g/mol. The van der Waals surface area contributed by atoms with Crippen LogP contribution in [0.5, 0.6) is 0 Å². The van der Waals surface area contributed by atoms with Crippen molar-refractivity contribution in [2.75, 3.05) is 26.3 Å². The molecule has 3 heteroatoms. The molecule has 1 fully saturated rings. The first-order chi connectivity index (χ1) is 8.72. The van der Waals surface area contributed by atoms with E-state index in [0.717, 1.165) is 37.8 Å². The van der Waals surface area contributed by atoms with E-state index in [2.05, 4.69) is 19.2 Å². The maximum atomic E-state index is 9.74. The van der Waals surface area contributed by atoms with Gasteiger partial charge in [0.2, 0.25) is 0 Å². The monoisotopic (exact) mass is 257 g/mol. The Kier molecular flexibility index (Phi) is 8.64. The molecule has 3 unspecified atom stereocenters. The van der Waals surface area contributed by atoms with Gasteiger partial charge >= 0.3 is 0 Å². The normalized spacial score (nSPS) is 26.2. The number of rotatable bonds is 9. The van der Waals surface area contributed by atoms with Crippen molar-refractivity contribution < 1.29 is 9.84 Å². The Labute approximate surface area is 112 Å². The Morgan fingerprint density at radius 2 is 2.22 bits per heavy atom. The third-order valence-corrected chi connectivity index (χ3v) is 3.81. The molecule has 3 atom stereocenters. The summed E-state index contributed by atoms with van der Waals surface area (Å²) in [6.45, 7) is 7.45. The third-order valence-electron chi connectivity index (χ3n) is 3.81. The van der Waals surface area contributed by atoms with E-state index in [0.29, 0.717) is 13.2 Å². The van der Waals surface area contributed by atoms with Crippen LogP contribution in [0.4, 0.5) is 0 Å². The first kappa shape index (κ1) is 15.9. The predicted molar refractivity (Wildman–Crippen MR) is 75.7 cm³/mol. The highest BCUT2D eigenvalue weighted by atomic mass is 16.5. The maximum absolute atomic E-state index is 9.74. The van der Waals surface area contributed by atoms with Gasteiger partial charge in [-0.05, 0) is 37.6 Å². The molecule has 0 aromatic carbocycles. The lowest BCUT2D eigenvalue weighted by atomic mass is 9.82. The molecular weight excluding hydrogens is 226 g/mol. The van der Waals surface area contributed by atoms with E-state index < -0.39 is 0 Å². The van der Waals surface area contributed by atoms with Gasteiger partial charge in [-0.15, -0.1) is 0 Å². The average Bonchev–Trinajstić information content (AvgIpc) is 2.35. The van der Waals surface area contributed by atoms with Crippen molar-refractivity contribution in [2.24, 2.45) is 11.8 Å². The van der Waals surface area contributed by atoms with Gasteiger partial charge in [0, 0.05) is 13.2 Å². The Bertz CT molecular complexity index is 199. The van der Waals surface area contributed by atoms with Gasteiger partial charge in [-0.3, -0.25) is 0 Å². The van der Waals surface area contributed by atoms with Crippen molar-refractivity contribution in [3.63, 3.8) is 0 Å². The van der Waals surface area contributed by atoms with Crippen molar-refractivity contribution in [3.05, 3.63) is 0 Å². The molecule has 2 N–H and O–H groups in total. The minimum atomic E-state index is -0.358.